The Morgan fingerprint density at radius 1 is 1.18 bits per heavy atom. The first-order chi connectivity index (χ1) is 15.9. The van der Waals surface area contributed by atoms with Gasteiger partial charge in [-0.3, -0.25) is 14.6 Å². The van der Waals surface area contributed by atoms with Gasteiger partial charge in [0.2, 0.25) is 15.0 Å². The number of carbonyl (C=O) groups is 2. The van der Waals surface area contributed by atoms with Crippen molar-refractivity contribution in [2.45, 2.75) is 23.3 Å². The van der Waals surface area contributed by atoms with Crippen LogP contribution in [0.5, 0.6) is 0 Å². The highest BCUT2D eigenvalue weighted by Crippen LogP contribution is 2.36. The quantitative estimate of drug-likeness (QED) is 0.458. The van der Waals surface area contributed by atoms with E-state index in [1.54, 1.807) is 36.3 Å². The molecule has 10 nitrogen and oxygen atoms in total. The first kappa shape index (κ1) is 21.0. The average molecular weight is 481 g/mol. The number of pyridine rings is 1. The molecule has 0 radical (unpaired) electrons. The molecule has 166 valence electrons. The molecular weight excluding hydrogens is 464 g/mol. The second kappa shape index (κ2) is 7.90. The molecule has 0 bridgehead atoms. The Morgan fingerprint density at radius 3 is 2.82 bits per heavy atom. The van der Waals surface area contributed by atoms with Crippen LogP contribution >= 0.6 is 11.3 Å². The van der Waals surface area contributed by atoms with Gasteiger partial charge >= 0.3 is 0 Å². The van der Waals surface area contributed by atoms with Crippen molar-refractivity contribution in [3.05, 3.63) is 76.8 Å². The summed E-state index contributed by atoms with van der Waals surface area (Å²) in [6.45, 7) is 1.83. The van der Waals surface area contributed by atoms with Gasteiger partial charge in [-0.2, -0.15) is 5.10 Å². The number of carbonyl (C=O) groups excluding carboxylic acids is 2. The van der Waals surface area contributed by atoms with E-state index >= 15 is 0 Å². The number of thiazole rings is 1. The summed E-state index contributed by atoms with van der Waals surface area (Å²) >= 11 is 1.38. The van der Waals surface area contributed by atoms with Gasteiger partial charge in [-0.1, -0.05) is 11.3 Å². The van der Waals surface area contributed by atoms with Gasteiger partial charge in [0.25, 0.3) is 11.8 Å². The molecule has 0 aliphatic carbocycles. The molecule has 4 aromatic rings. The fourth-order valence-corrected chi connectivity index (χ4v) is 5.92. The zero-order chi connectivity index (χ0) is 23.2. The number of fused-ring (bicyclic) bond motifs is 2. The van der Waals surface area contributed by atoms with E-state index < -0.39 is 21.7 Å². The lowest BCUT2D eigenvalue weighted by Gasteiger charge is -2.14. The minimum Gasteiger partial charge on any atom is -0.347 e. The van der Waals surface area contributed by atoms with Gasteiger partial charge in [0.05, 0.1) is 22.7 Å². The minimum atomic E-state index is -4.00. The van der Waals surface area contributed by atoms with Crippen LogP contribution in [0.25, 0.3) is 5.13 Å². The molecular formula is C21H16N6O4S2. The van der Waals surface area contributed by atoms with E-state index in [2.05, 4.69) is 25.7 Å². The first-order valence-electron chi connectivity index (χ1n) is 9.73. The maximum atomic E-state index is 13.2. The molecule has 2 N–H and O–H groups in total. The van der Waals surface area contributed by atoms with Crippen LogP contribution < -0.4 is 10.6 Å². The Bertz CT molecular complexity index is 1510. The number of nitrogens with one attached hydrogen (secondary N) is 2. The predicted octanol–water partition coefficient (Wildman–Crippen LogP) is 2.36. The van der Waals surface area contributed by atoms with Gasteiger partial charge in [-0.05, 0) is 36.8 Å². The van der Waals surface area contributed by atoms with Gasteiger partial charge in [-0.15, -0.1) is 0 Å². The van der Waals surface area contributed by atoms with E-state index in [-0.39, 0.29) is 33.2 Å². The fourth-order valence-electron chi connectivity index (χ4n) is 3.52. The summed E-state index contributed by atoms with van der Waals surface area (Å²) in [6, 6.07) is 5.91. The highest BCUT2D eigenvalue weighted by atomic mass is 32.2. The van der Waals surface area contributed by atoms with Crippen molar-refractivity contribution in [1.29, 1.82) is 0 Å². The van der Waals surface area contributed by atoms with Crippen LogP contribution in [0.4, 0.5) is 5.69 Å². The van der Waals surface area contributed by atoms with Crippen molar-refractivity contribution in [2.75, 3.05) is 5.32 Å². The molecule has 33 heavy (non-hydrogen) atoms. The molecule has 0 spiro atoms. The molecule has 1 aliphatic rings. The minimum absolute atomic E-state index is 0.00443. The van der Waals surface area contributed by atoms with Crippen molar-refractivity contribution < 1.29 is 18.0 Å². The Morgan fingerprint density at radius 2 is 2.03 bits per heavy atom. The lowest BCUT2D eigenvalue weighted by Crippen LogP contribution is -2.24. The number of amides is 2. The lowest BCUT2D eigenvalue weighted by molar-refractivity contribution is 0.0949. The van der Waals surface area contributed by atoms with E-state index in [9.17, 15) is 18.0 Å². The number of hydrogen-bond acceptors (Lipinski definition) is 8. The van der Waals surface area contributed by atoms with Crippen LogP contribution in [0.3, 0.4) is 0 Å². The molecule has 1 aliphatic heterocycles. The Kier molecular flexibility index (Phi) is 5.02. The molecule has 0 unspecified atom stereocenters. The number of aromatic nitrogens is 4. The second-order valence-corrected chi connectivity index (χ2v) is 10.2. The highest BCUT2D eigenvalue weighted by Gasteiger charge is 2.33. The summed E-state index contributed by atoms with van der Waals surface area (Å²) in [4.78, 5) is 34.3. The number of benzene rings is 1. The zero-order valence-corrected chi connectivity index (χ0v) is 18.8. The molecule has 2 amide bonds. The normalized spacial score (nSPS) is 14.0. The number of rotatable bonds is 4. The largest absolute Gasteiger partial charge is 0.347 e. The Hall–Kier alpha value is -3.90. The summed E-state index contributed by atoms with van der Waals surface area (Å²) < 4.78 is 27.9. The van der Waals surface area contributed by atoms with Crippen molar-refractivity contribution in [2.24, 2.45) is 0 Å². The SMILES string of the molecule is Cc1c(C(=O)NCc2cnc(-n3cccn3)s2)ccc2c1NC(=O)c1ccncc1S2(=O)=O. The molecule has 12 heteroatoms. The number of nitrogens with zero attached hydrogens (tertiary/aromatic N) is 4. The van der Waals surface area contributed by atoms with Crippen molar-refractivity contribution in [1.82, 2.24) is 25.1 Å². The van der Waals surface area contributed by atoms with Gasteiger partial charge in [0.1, 0.15) is 4.90 Å². The standard InChI is InChI=1S/C21H16N6O4S2/c1-12-14(19(28)23-9-13-10-24-21(32-13)27-8-2-6-25-27)3-4-16-18(12)26-20(29)15-5-7-22-11-17(15)33(16,30)31/h2-8,10-11H,9H2,1H3,(H,23,28)(H,26,29). The van der Waals surface area contributed by atoms with Crippen molar-refractivity contribution >= 4 is 38.7 Å². The fraction of sp³-hybridized carbons (Fsp3) is 0.0952. The Balaban J connectivity index is 1.43. The van der Waals surface area contributed by atoms with Gasteiger partial charge in [0, 0.05) is 41.4 Å². The van der Waals surface area contributed by atoms with Crippen molar-refractivity contribution in [3.63, 3.8) is 0 Å². The van der Waals surface area contributed by atoms with Crippen LogP contribution in [-0.4, -0.2) is 40.0 Å². The van der Waals surface area contributed by atoms with E-state index in [0.717, 1.165) is 11.1 Å². The second-order valence-electron chi connectivity index (χ2n) is 7.18. The number of sulfone groups is 1. The maximum absolute atomic E-state index is 13.2. The predicted molar refractivity (Wildman–Crippen MR) is 119 cm³/mol. The highest BCUT2D eigenvalue weighted by molar-refractivity contribution is 7.91. The molecule has 0 atom stereocenters. The zero-order valence-electron chi connectivity index (χ0n) is 17.1. The molecule has 0 fully saturated rings. The molecule has 0 saturated carbocycles. The number of hydrogen-bond donors (Lipinski definition) is 2. The smallest absolute Gasteiger partial charge is 0.257 e. The summed E-state index contributed by atoms with van der Waals surface area (Å²) in [5.74, 6) is -0.981. The molecule has 5 rings (SSSR count). The maximum Gasteiger partial charge on any atom is 0.257 e. The van der Waals surface area contributed by atoms with Crippen LogP contribution in [0.2, 0.25) is 0 Å². The summed E-state index contributed by atoms with van der Waals surface area (Å²) in [5.41, 5.74) is 0.696. The molecule has 1 aromatic carbocycles. The van der Waals surface area contributed by atoms with Crippen LogP contribution in [0.15, 0.2) is 65.0 Å². The third-order valence-corrected chi connectivity index (χ3v) is 7.99. The molecule has 4 heterocycles. The monoisotopic (exact) mass is 480 g/mol. The van der Waals surface area contributed by atoms with E-state index in [1.165, 1.54) is 35.7 Å². The molecule has 0 saturated heterocycles. The van der Waals surface area contributed by atoms with Gasteiger partial charge < -0.3 is 10.6 Å². The van der Waals surface area contributed by atoms with Crippen molar-refractivity contribution in [3.8, 4) is 5.13 Å². The van der Waals surface area contributed by atoms with Crippen LogP contribution in [0, 0.1) is 6.92 Å². The Labute approximate surface area is 192 Å². The lowest BCUT2D eigenvalue weighted by atomic mass is 10.1. The van der Waals surface area contributed by atoms with Crippen LogP contribution in [-0.2, 0) is 16.4 Å². The summed E-state index contributed by atoms with van der Waals surface area (Å²) in [7, 11) is -4.00. The van der Waals surface area contributed by atoms with Crippen LogP contribution in [0.1, 0.15) is 31.2 Å². The summed E-state index contributed by atoms with van der Waals surface area (Å²) in [6.07, 6.45) is 7.59. The average Bonchev–Trinajstić information content (AvgIpc) is 3.49. The third kappa shape index (κ3) is 3.58. The van der Waals surface area contributed by atoms with Gasteiger partial charge in [0.15, 0.2) is 0 Å². The first-order valence-corrected chi connectivity index (χ1v) is 12.0. The van der Waals surface area contributed by atoms with Gasteiger partial charge in [-0.25, -0.2) is 18.1 Å². The molecule has 3 aromatic heterocycles. The topological polar surface area (TPSA) is 136 Å². The van der Waals surface area contributed by atoms with E-state index in [4.69, 9.17) is 0 Å². The third-order valence-electron chi connectivity index (χ3n) is 5.18. The van der Waals surface area contributed by atoms with E-state index in [1.807, 2.05) is 0 Å². The van der Waals surface area contributed by atoms with E-state index in [0.29, 0.717) is 10.7 Å². The number of anilines is 1. The summed E-state index contributed by atoms with van der Waals surface area (Å²) in [5, 5.41) is 10.3.